The van der Waals surface area contributed by atoms with Crippen LogP contribution in [0, 0.1) is 5.92 Å². The van der Waals surface area contributed by atoms with Crippen molar-refractivity contribution in [1.29, 1.82) is 0 Å². The molecule has 1 fully saturated rings. The van der Waals surface area contributed by atoms with Gasteiger partial charge in [-0.05, 0) is 32.0 Å². The van der Waals surface area contributed by atoms with Crippen molar-refractivity contribution in [2.75, 3.05) is 32.7 Å². The summed E-state index contributed by atoms with van der Waals surface area (Å²) >= 11 is 0. The molecule has 102 valence electrons. The number of nitrogens with two attached hydrogens (primary N) is 1. The molecule has 0 aromatic rings. The summed E-state index contributed by atoms with van der Waals surface area (Å²) in [6.45, 7) is 14.9. The van der Waals surface area contributed by atoms with E-state index in [0.29, 0.717) is 12.0 Å². The van der Waals surface area contributed by atoms with Crippen molar-refractivity contribution >= 4 is 0 Å². The summed E-state index contributed by atoms with van der Waals surface area (Å²) in [5, 5.41) is 0. The second-order valence-electron chi connectivity index (χ2n) is 5.47. The molecule has 3 atom stereocenters. The van der Waals surface area contributed by atoms with Crippen LogP contribution in [-0.4, -0.2) is 54.6 Å². The normalized spacial score (nSPS) is 25.4. The molecule has 0 bridgehead atoms. The molecule has 3 unspecified atom stereocenters. The van der Waals surface area contributed by atoms with E-state index in [1.54, 1.807) is 0 Å². The van der Waals surface area contributed by atoms with Gasteiger partial charge in [0.05, 0.1) is 0 Å². The fourth-order valence-corrected chi connectivity index (χ4v) is 2.80. The van der Waals surface area contributed by atoms with Crippen molar-refractivity contribution in [2.45, 2.75) is 52.6 Å². The van der Waals surface area contributed by atoms with Gasteiger partial charge in [0, 0.05) is 25.2 Å². The van der Waals surface area contributed by atoms with Crippen molar-refractivity contribution in [2.24, 2.45) is 11.7 Å². The maximum absolute atomic E-state index is 6.24. The Labute approximate surface area is 107 Å². The van der Waals surface area contributed by atoms with E-state index in [0.717, 1.165) is 12.6 Å². The number of hydrogen-bond acceptors (Lipinski definition) is 3. The second-order valence-corrected chi connectivity index (χ2v) is 5.47. The Morgan fingerprint density at radius 2 is 1.94 bits per heavy atom. The third kappa shape index (κ3) is 4.23. The topological polar surface area (TPSA) is 32.5 Å². The smallest absolute Gasteiger partial charge is 0.0235 e. The average molecular weight is 241 g/mol. The minimum atomic E-state index is 0.343. The van der Waals surface area contributed by atoms with Crippen LogP contribution in [0.1, 0.15) is 40.5 Å². The monoisotopic (exact) mass is 241 g/mol. The van der Waals surface area contributed by atoms with E-state index in [2.05, 4.69) is 37.5 Å². The molecule has 17 heavy (non-hydrogen) atoms. The van der Waals surface area contributed by atoms with E-state index in [4.69, 9.17) is 5.73 Å². The van der Waals surface area contributed by atoms with Crippen molar-refractivity contribution in [3.8, 4) is 0 Å². The van der Waals surface area contributed by atoms with Crippen molar-refractivity contribution in [3.63, 3.8) is 0 Å². The predicted molar refractivity (Wildman–Crippen MR) is 75.2 cm³/mol. The first kappa shape index (κ1) is 14.9. The number of nitrogens with zero attached hydrogens (tertiary/aromatic N) is 2. The SMILES string of the molecule is CCC(C)C(N)CN1CCC(N(CC)CC)C1. The summed E-state index contributed by atoms with van der Waals surface area (Å²) in [5.41, 5.74) is 6.24. The van der Waals surface area contributed by atoms with E-state index in [9.17, 15) is 0 Å². The Hall–Kier alpha value is -0.120. The molecular weight excluding hydrogens is 210 g/mol. The zero-order chi connectivity index (χ0) is 12.8. The quantitative estimate of drug-likeness (QED) is 0.737. The summed E-state index contributed by atoms with van der Waals surface area (Å²) in [4.78, 5) is 5.13. The van der Waals surface area contributed by atoms with Gasteiger partial charge in [0.25, 0.3) is 0 Å². The Kier molecular flexibility index (Phi) is 6.45. The molecular formula is C14H31N3. The molecule has 0 radical (unpaired) electrons. The zero-order valence-corrected chi connectivity index (χ0v) is 12.2. The van der Waals surface area contributed by atoms with Crippen LogP contribution in [0.4, 0.5) is 0 Å². The van der Waals surface area contributed by atoms with Crippen molar-refractivity contribution in [3.05, 3.63) is 0 Å². The molecule has 2 N–H and O–H groups in total. The molecule has 1 aliphatic heterocycles. The lowest BCUT2D eigenvalue weighted by atomic mass is 10.00. The molecule has 3 heteroatoms. The molecule has 1 aliphatic rings. The van der Waals surface area contributed by atoms with Gasteiger partial charge in [-0.15, -0.1) is 0 Å². The number of rotatable bonds is 7. The first-order chi connectivity index (χ1) is 8.12. The summed E-state index contributed by atoms with van der Waals surface area (Å²) in [7, 11) is 0. The average Bonchev–Trinajstić information content (AvgIpc) is 2.78. The van der Waals surface area contributed by atoms with Gasteiger partial charge >= 0.3 is 0 Å². The molecule has 0 spiro atoms. The fourth-order valence-electron chi connectivity index (χ4n) is 2.80. The molecule has 1 saturated heterocycles. The highest BCUT2D eigenvalue weighted by Gasteiger charge is 2.27. The zero-order valence-electron chi connectivity index (χ0n) is 12.2. The summed E-state index contributed by atoms with van der Waals surface area (Å²) in [5.74, 6) is 0.641. The van der Waals surface area contributed by atoms with Crippen LogP contribution in [0.2, 0.25) is 0 Å². The third-order valence-corrected chi connectivity index (χ3v) is 4.42. The molecule has 0 saturated carbocycles. The highest BCUT2D eigenvalue weighted by atomic mass is 15.3. The van der Waals surface area contributed by atoms with Gasteiger partial charge in [0.1, 0.15) is 0 Å². The molecule has 3 nitrogen and oxygen atoms in total. The van der Waals surface area contributed by atoms with Crippen molar-refractivity contribution in [1.82, 2.24) is 9.80 Å². The van der Waals surface area contributed by atoms with E-state index < -0.39 is 0 Å². The van der Waals surface area contributed by atoms with Crippen LogP contribution in [0.15, 0.2) is 0 Å². The third-order valence-electron chi connectivity index (χ3n) is 4.42. The lowest BCUT2D eigenvalue weighted by Gasteiger charge is -2.28. The molecule has 0 amide bonds. The Morgan fingerprint density at radius 3 is 2.47 bits per heavy atom. The lowest BCUT2D eigenvalue weighted by molar-refractivity contribution is 0.202. The Balaban J connectivity index is 2.35. The van der Waals surface area contributed by atoms with Crippen LogP contribution >= 0.6 is 0 Å². The second kappa shape index (κ2) is 7.34. The number of hydrogen-bond donors (Lipinski definition) is 1. The molecule has 1 rings (SSSR count). The predicted octanol–water partition coefficient (Wildman–Crippen LogP) is 1.78. The van der Waals surface area contributed by atoms with Crippen LogP contribution in [0.3, 0.4) is 0 Å². The standard InChI is InChI=1S/C14H31N3/c1-5-12(4)14(15)11-16-9-8-13(10-16)17(6-2)7-3/h12-14H,5-11,15H2,1-4H3. The first-order valence-corrected chi connectivity index (χ1v) is 7.34. The van der Waals surface area contributed by atoms with E-state index in [-0.39, 0.29) is 0 Å². The van der Waals surface area contributed by atoms with Gasteiger partial charge in [-0.1, -0.05) is 34.1 Å². The van der Waals surface area contributed by atoms with Gasteiger partial charge in [0.2, 0.25) is 0 Å². The highest BCUT2D eigenvalue weighted by Crippen LogP contribution is 2.17. The van der Waals surface area contributed by atoms with Gasteiger partial charge in [-0.25, -0.2) is 0 Å². The fraction of sp³-hybridized carbons (Fsp3) is 1.00. The minimum absolute atomic E-state index is 0.343. The Morgan fingerprint density at radius 1 is 1.29 bits per heavy atom. The van der Waals surface area contributed by atoms with Gasteiger partial charge in [-0.2, -0.15) is 0 Å². The largest absolute Gasteiger partial charge is 0.326 e. The Bertz CT molecular complexity index is 204. The number of likely N-dealkylation sites (tertiary alicyclic amines) is 1. The van der Waals surface area contributed by atoms with E-state index >= 15 is 0 Å². The maximum atomic E-state index is 6.24. The maximum Gasteiger partial charge on any atom is 0.0235 e. The summed E-state index contributed by atoms with van der Waals surface area (Å²) in [6, 6.07) is 1.10. The molecule has 1 heterocycles. The van der Waals surface area contributed by atoms with Crippen LogP contribution in [-0.2, 0) is 0 Å². The van der Waals surface area contributed by atoms with Gasteiger partial charge < -0.3 is 10.6 Å². The van der Waals surface area contributed by atoms with Crippen LogP contribution in [0.5, 0.6) is 0 Å². The van der Waals surface area contributed by atoms with E-state index in [1.165, 1.54) is 39.0 Å². The van der Waals surface area contributed by atoms with Gasteiger partial charge in [0.15, 0.2) is 0 Å². The first-order valence-electron chi connectivity index (χ1n) is 7.34. The molecule has 0 aromatic carbocycles. The van der Waals surface area contributed by atoms with Crippen LogP contribution < -0.4 is 5.73 Å². The van der Waals surface area contributed by atoms with Gasteiger partial charge in [-0.3, -0.25) is 4.90 Å². The minimum Gasteiger partial charge on any atom is -0.326 e. The summed E-state index contributed by atoms with van der Waals surface area (Å²) in [6.07, 6.45) is 2.50. The molecule has 0 aliphatic carbocycles. The number of likely N-dealkylation sites (N-methyl/N-ethyl adjacent to an activating group) is 1. The van der Waals surface area contributed by atoms with E-state index in [1.807, 2.05) is 0 Å². The highest BCUT2D eigenvalue weighted by molar-refractivity contribution is 4.85. The molecule has 0 aromatic heterocycles. The summed E-state index contributed by atoms with van der Waals surface area (Å²) < 4.78 is 0. The van der Waals surface area contributed by atoms with Crippen molar-refractivity contribution < 1.29 is 0 Å². The lowest BCUT2D eigenvalue weighted by Crippen LogP contribution is -2.42. The van der Waals surface area contributed by atoms with Crippen LogP contribution in [0.25, 0.3) is 0 Å².